The number of rotatable bonds is 42. The minimum Gasteiger partial charge on any atom is -0.481 e. The zero-order valence-electron chi connectivity index (χ0n) is 39.9. The number of hydrogen-bond acceptors (Lipinski definition) is 13. The molecule has 15 N–H and O–H groups in total. The molecule has 0 rings (SSSR count). The highest BCUT2D eigenvalue weighted by Gasteiger charge is 2.31. The number of aliphatic imine (C=N–C) groups is 2. The van der Waals surface area contributed by atoms with Gasteiger partial charge in [-0.15, -0.1) is 0 Å². The number of nitrogens with two attached hydrogens (primary N) is 4. The molecule has 0 aliphatic rings. The fourth-order valence-electron chi connectivity index (χ4n) is 6.96. The maximum Gasteiger partial charge on any atom is 0.309 e. The molecule has 0 bridgehead atoms. The maximum absolute atomic E-state index is 13.8. The molecular formula is C45H78N10O13. The van der Waals surface area contributed by atoms with Gasteiger partial charge in [-0.25, -0.2) is 0 Å². The van der Waals surface area contributed by atoms with Crippen LogP contribution in [0.5, 0.6) is 0 Å². The number of aliphatic hydroxyl groups excluding tert-OH is 1. The number of Topliss-reactive ketones (excluding diaryl/α,β-unsaturated/α-hetero) is 4. The number of ketones is 4. The standard InChI is InChI=1S/C45H78N10O13/c1-3-5-7-14-31(57)25-29(13-9-10-22-50-38(61)17-8-6-4-2)42(66)55-33(16-12-24-52-45(48)49)36(59)19-20-39(62)53-32(15-11-23-51-44(46)47)35(58)18-21-40(63)54-34(27-41(64)65)37(60)26-30(28-56)43(67)68/h29-30,32-34,56H,3-28H2,1-2H3,(H,50,61)(H,53,62)(H,54,63)(H,55,66)(H,64,65)(H,67,68)(H4,46,47,51)(H4,48,49,52). The Bertz CT molecular complexity index is 1700. The molecule has 0 heterocycles. The van der Waals surface area contributed by atoms with E-state index in [1.54, 1.807) is 0 Å². The normalized spacial score (nSPS) is 13.0. The Morgan fingerprint density at radius 1 is 0.500 bits per heavy atom. The van der Waals surface area contributed by atoms with Crippen LogP contribution in [0.2, 0.25) is 0 Å². The Balaban J connectivity index is 6.00. The third-order valence-corrected chi connectivity index (χ3v) is 10.8. The van der Waals surface area contributed by atoms with E-state index in [4.69, 9.17) is 22.9 Å². The first kappa shape index (κ1) is 62.0. The number of aliphatic hydroxyl groups is 1. The van der Waals surface area contributed by atoms with Crippen molar-refractivity contribution in [2.45, 2.75) is 173 Å². The summed E-state index contributed by atoms with van der Waals surface area (Å²) < 4.78 is 0. The molecule has 23 heteroatoms. The number of aliphatic carboxylic acids is 2. The molecule has 4 amide bonds. The number of carboxylic acids is 2. The van der Waals surface area contributed by atoms with Crippen LogP contribution in [-0.4, -0.2) is 130 Å². The summed E-state index contributed by atoms with van der Waals surface area (Å²) in [6, 6.07) is -3.93. The molecule has 5 unspecified atom stereocenters. The predicted octanol–water partition coefficient (Wildman–Crippen LogP) is 0.396. The van der Waals surface area contributed by atoms with E-state index in [-0.39, 0.29) is 75.2 Å². The van der Waals surface area contributed by atoms with E-state index in [0.717, 1.165) is 32.1 Å². The predicted molar refractivity (Wildman–Crippen MR) is 252 cm³/mol. The lowest BCUT2D eigenvalue weighted by atomic mass is 9.92. The number of amides is 4. The van der Waals surface area contributed by atoms with Crippen molar-refractivity contribution in [3.63, 3.8) is 0 Å². The monoisotopic (exact) mass is 967 g/mol. The van der Waals surface area contributed by atoms with Gasteiger partial charge in [0.2, 0.25) is 23.6 Å². The van der Waals surface area contributed by atoms with Crippen molar-refractivity contribution in [3.05, 3.63) is 0 Å². The lowest BCUT2D eigenvalue weighted by molar-refractivity contribution is -0.146. The Hall–Kier alpha value is -6.00. The number of nitrogens with one attached hydrogen (secondary N) is 4. The summed E-state index contributed by atoms with van der Waals surface area (Å²) in [7, 11) is 0. The van der Waals surface area contributed by atoms with Gasteiger partial charge in [0.05, 0.1) is 37.1 Å². The van der Waals surface area contributed by atoms with Gasteiger partial charge in [-0.2, -0.15) is 0 Å². The summed E-state index contributed by atoms with van der Waals surface area (Å²) in [6.07, 6.45) is 4.45. The second-order valence-electron chi connectivity index (χ2n) is 16.8. The van der Waals surface area contributed by atoms with E-state index in [1.165, 1.54) is 0 Å². The molecule has 0 saturated heterocycles. The van der Waals surface area contributed by atoms with Gasteiger partial charge in [0, 0.05) is 76.9 Å². The lowest BCUT2D eigenvalue weighted by Crippen LogP contribution is -2.45. The van der Waals surface area contributed by atoms with Gasteiger partial charge in [-0.3, -0.25) is 57.9 Å². The first-order chi connectivity index (χ1) is 32.2. The fraction of sp³-hybridized carbons (Fsp3) is 0.733. The Morgan fingerprint density at radius 3 is 1.50 bits per heavy atom. The van der Waals surface area contributed by atoms with E-state index >= 15 is 0 Å². The molecule has 23 nitrogen and oxygen atoms in total. The molecule has 0 aromatic rings. The van der Waals surface area contributed by atoms with Gasteiger partial charge in [-0.05, 0) is 51.4 Å². The Labute approximate surface area is 398 Å². The highest BCUT2D eigenvalue weighted by molar-refractivity contribution is 5.97. The van der Waals surface area contributed by atoms with E-state index in [2.05, 4.69) is 38.2 Å². The van der Waals surface area contributed by atoms with Gasteiger partial charge in [-0.1, -0.05) is 46.0 Å². The number of guanidine groups is 2. The van der Waals surface area contributed by atoms with Crippen molar-refractivity contribution in [1.82, 2.24) is 21.3 Å². The van der Waals surface area contributed by atoms with Gasteiger partial charge >= 0.3 is 11.9 Å². The number of unbranched alkanes of at least 4 members (excludes halogenated alkanes) is 5. The molecule has 0 saturated carbocycles. The van der Waals surface area contributed by atoms with Gasteiger partial charge < -0.3 is 59.5 Å². The average molecular weight is 967 g/mol. The lowest BCUT2D eigenvalue weighted by Gasteiger charge is -2.22. The van der Waals surface area contributed by atoms with Crippen molar-refractivity contribution >= 4 is 70.6 Å². The van der Waals surface area contributed by atoms with Gasteiger partial charge in [0.15, 0.2) is 29.3 Å². The minimum atomic E-state index is -1.65. The van der Waals surface area contributed by atoms with Crippen LogP contribution in [0.4, 0.5) is 0 Å². The molecule has 0 aliphatic carbocycles. The number of carbonyl (C=O) groups is 10. The van der Waals surface area contributed by atoms with E-state index in [9.17, 15) is 63.3 Å². The summed E-state index contributed by atoms with van der Waals surface area (Å²) in [5.74, 6) is -10.0. The zero-order valence-corrected chi connectivity index (χ0v) is 39.9. The van der Waals surface area contributed by atoms with Gasteiger partial charge in [0.1, 0.15) is 5.78 Å². The number of carboxylic acid groups (broad SMARTS) is 2. The third kappa shape index (κ3) is 31.1. The number of hydrogen-bond donors (Lipinski definition) is 11. The average Bonchev–Trinajstić information content (AvgIpc) is 3.27. The summed E-state index contributed by atoms with van der Waals surface area (Å²) in [5, 5.41) is 38.2. The smallest absolute Gasteiger partial charge is 0.309 e. The van der Waals surface area contributed by atoms with Crippen LogP contribution < -0.4 is 44.2 Å². The summed E-state index contributed by atoms with van der Waals surface area (Å²) in [5.41, 5.74) is 21.7. The highest BCUT2D eigenvalue weighted by Crippen LogP contribution is 2.18. The van der Waals surface area contributed by atoms with E-state index in [0.29, 0.717) is 45.1 Å². The molecule has 0 spiro atoms. The molecule has 386 valence electrons. The first-order valence-corrected chi connectivity index (χ1v) is 23.7. The SMILES string of the molecule is CCCCCC(=O)CC(CCCCNC(=O)CCCCC)C(=O)NC(CCCN=C(N)N)C(=O)CCC(=O)NC(CCCN=C(N)N)C(=O)CCC(=O)NC(CC(=O)O)C(=O)CC(CO)C(=O)O. The largest absolute Gasteiger partial charge is 0.481 e. The number of nitrogens with zero attached hydrogens (tertiary/aromatic N) is 2. The van der Waals surface area contributed by atoms with Crippen LogP contribution in [0.25, 0.3) is 0 Å². The van der Waals surface area contributed by atoms with Crippen LogP contribution in [-0.2, 0) is 47.9 Å². The molecule has 0 aromatic carbocycles. The minimum absolute atomic E-state index is 0.00212. The van der Waals surface area contributed by atoms with E-state index in [1.807, 2.05) is 6.92 Å². The van der Waals surface area contributed by atoms with Crippen molar-refractivity contribution < 1.29 is 63.3 Å². The second-order valence-corrected chi connectivity index (χ2v) is 16.8. The summed E-state index contributed by atoms with van der Waals surface area (Å²) in [6.45, 7) is 3.79. The summed E-state index contributed by atoms with van der Waals surface area (Å²) >= 11 is 0. The quantitative estimate of drug-likeness (QED) is 0.0224. The molecule has 0 aliphatic heterocycles. The molecule has 0 aromatic heterocycles. The van der Waals surface area contributed by atoms with Crippen LogP contribution in [0.3, 0.4) is 0 Å². The molecule has 0 radical (unpaired) electrons. The third-order valence-electron chi connectivity index (χ3n) is 10.8. The van der Waals surface area contributed by atoms with Crippen LogP contribution in [0, 0.1) is 11.8 Å². The highest BCUT2D eigenvalue weighted by atomic mass is 16.4. The van der Waals surface area contributed by atoms with Gasteiger partial charge in [0.25, 0.3) is 0 Å². The Morgan fingerprint density at radius 2 is 1.01 bits per heavy atom. The molecular weight excluding hydrogens is 889 g/mol. The van der Waals surface area contributed by atoms with Crippen LogP contribution in [0.1, 0.15) is 155 Å². The van der Waals surface area contributed by atoms with Crippen molar-refractivity contribution in [3.8, 4) is 0 Å². The zero-order chi connectivity index (χ0) is 51.4. The fourth-order valence-corrected chi connectivity index (χ4v) is 6.96. The van der Waals surface area contributed by atoms with Crippen molar-refractivity contribution in [1.29, 1.82) is 0 Å². The topological polar surface area (TPSA) is 408 Å². The number of carbonyl (C=O) groups excluding carboxylic acids is 8. The molecule has 0 fully saturated rings. The van der Waals surface area contributed by atoms with Crippen LogP contribution in [0.15, 0.2) is 9.98 Å². The second kappa shape index (κ2) is 37.0. The summed E-state index contributed by atoms with van der Waals surface area (Å²) in [4.78, 5) is 135. The maximum atomic E-state index is 13.8. The van der Waals surface area contributed by atoms with E-state index < -0.39 is 116 Å². The Kier molecular flexibility index (Phi) is 33.8. The van der Waals surface area contributed by atoms with Crippen LogP contribution >= 0.6 is 0 Å². The first-order valence-electron chi connectivity index (χ1n) is 23.7. The van der Waals surface area contributed by atoms with Crippen molar-refractivity contribution in [2.24, 2.45) is 44.8 Å². The van der Waals surface area contributed by atoms with Crippen molar-refractivity contribution in [2.75, 3.05) is 26.2 Å². The molecule has 68 heavy (non-hydrogen) atoms. The molecule has 5 atom stereocenters.